The van der Waals surface area contributed by atoms with Gasteiger partial charge in [-0.3, -0.25) is 4.79 Å². The molecule has 1 aromatic carbocycles. The third kappa shape index (κ3) is 4.09. The van der Waals surface area contributed by atoms with Gasteiger partial charge in [-0.1, -0.05) is 37.3 Å². The van der Waals surface area contributed by atoms with Gasteiger partial charge in [0.2, 0.25) is 0 Å². The van der Waals surface area contributed by atoms with Crippen LogP contribution in [-0.2, 0) is 0 Å². The first-order valence-electron chi connectivity index (χ1n) is 7.83. The molecule has 21 heavy (non-hydrogen) atoms. The maximum Gasteiger partial charge on any atom is 0.255 e. The van der Waals surface area contributed by atoms with Crippen LogP contribution in [0.5, 0.6) is 0 Å². The molecule has 1 amide bonds. The Morgan fingerprint density at radius 1 is 1.33 bits per heavy atom. The summed E-state index contributed by atoms with van der Waals surface area (Å²) in [5.74, 6) is 6.71. The molecule has 0 spiro atoms. The Balaban J connectivity index is 2.16. The van der Waals surface area contributed by atoms with Gasteiger partial charge in [-0.05, 0) is 37.3 Å². The molecule has 1 aliphatic heterocycles. The van der Waals surface area contributed by atoms with E-state index in [2.05, 4.69) is 18.8 Å². The van der Waals surface area contributed by atoms with E-state index in [0.717, 1.165) is 37.4 Å². The molecule has 0 saturated carbocycles. The first-order chi connectivity index (χ1) is 10.3. The second-order valence-corrected chi connectivity index (χ2v) is 5.55. The molecule has 1 unspecified atom stereocenters. The Hall–Kier alpha value is -1.79. The van der Waals surface area contributed by atoms with Gasteiger partial charge < -0.3 is 10.6 Å². The quantitative estimate of drug-likeness (QED) is 0.849. The second-order valence-electron chi connectivity index (χ2n) is 5.55. The lowest BCUT2D eigenvalue weighted by Gasteiger charge is -2.21. The minimum Gasteiger partial charge on any atom is -0.339 e. The van der Waals surface area contributed by atoms with Gasteiger partial charge in [0, 0.05) is 18.7 Å². The van der Waals surface area contributed by atoms with Crippen LogP contribution in [0.15, 0.2) is 24.3 Å². The smallest absolute Gasteiger partial charge is 0.255 e. The summed E-state index contributed by atoms with van der Waals surface area (Å²) in [5, 5.41) is 0. The van der Waals surface area contributed by atoms with E-state index in [9.17, 15) is 4.79 Å². The minimum atomic E-state index is 0.105. The van der Waals surface area contributed by atoms with Crippen molar-refractivity contribution in [3.8, 4) is 11.8 Å². The normalized spacial score (nSPS) is 18.6. The third-order valence-electron chi connectivity index (χ3n) is 4.19. The van der Waals surface area contributed by atoms with E-state index < -0.39 is 0 Å². The number of likely N-dealkylation sites (tertiary alicyclic amines) is 1. The highest BCUT2D eigenvalue weighted by Gasteiger charge is 2.22. The van der Waals surface area contributed by atoms with Gasteiger partial charge in [-0.25, -0.2) is 0 Å². The highest BCUT2D eigenvalue weighted by atomic mass is 16.2. The van der Waals surface area contributed by atoms with Crippen molar-refractivity contribution in [1.82, 2.24) is 4.90 Å². The van der Waals surface area contributed by atoms with Gasteiger partial charge >= 0.3 is 0 Å². The van der Waals surface area contributed by atoms with Crippen LogP contribution in [0, 0.1) is 17.8 Å². The largest absolute Gasteiger partial charge is 0.339 e. The molecule has 1 aromatic rings. The maximum atomic E-state index is 12.8. The number of carbonyl (C=O) groups excluding carboxylic acids is 1. The lowest BCUT2D eigenvalue weighted by molar-refractivity contribution is 0.0759. The fourth-order valence-corrected chi connectivity index (χ4v) is 2.87. The van der Waals surface area contributed by atoms with Gasteiger partial charge in [-0.2, -0.15) is 0 Å². The summed E-state index contributed by atoms with van der Waals surface area (Å²) in [5.41, 5.74) is 6.91. The van der Waals surface area contributed by atoms with E-state index in [4.69, 9.17) is 5.73 Å². The van der Waals surface area contributed by atoms with E-state index in [1.165, 1.54) is 12.8 Å². The maximum absolute atomic E-state index is 12.8. The molecule has 1 saturated heterocycles. The number of nitrogens with zero attached hydrogens (tertiary/aromatic N) is 1. The third-order valence-corrected chi connectivity index (χ3v) is 4.19. The molecule has 0 aliphatic carbocycles. The van der Waals surface area contributed by atoms with Crippen molar-refractivity contribution in [3.05, 3.63) is 35.4 Å². The molecule has 2 N–H and O–H groups in total. The molecule has 0 bridgehead atoms. The Labute approximate surface area is 127 Å². The van der Waals surface area contributed by atoms with Crippen molar-refractivity contribution in [2.45, 2.75) is 32.6 Å². The zero-order valence-electron chi connectivity index (χ0n) is 12.8. The van der Waals surface area contributed by atoms with Crippen LogP contribution in [0.2, 0.25) is 0 Å². The predicted molar refractivity (Wildman–Crippen MR) is 85.9 cm³/mol. The average Bonchev–Trinajstić information content (AvgIpc) is 2.78. The zero-order valence-corrected chi connectivity index (χ0v) is 12.8. The van der Waals surface area contributed by atoms with Crippen LogP contribution in [0.25, 0.3) is 0 Å². The number of benzene rings is 1. The molecule has 112 valence electrons. The Kier molecular flexibility index (Phi) is 5.83. The van der Waals surface area contributed by atoms with Crippen molar-refractivity contribution in [2.24, 2.45) is 11.7 Å². The fourth-order valence-electron chi connectivity index (χ4n) is 2.87. The van der Waals surface area contributed by atoms with Crippen LogP contribution in [-0.4, -0.2) is 30.4 Å². The van der Waals surface area contributed by atoms with Gasteiger partial charge in [0.15, 0.2) is 0 Å². The number of nitrogens with two attached hydrogens (primary N) is 1. The second kappa shape index (κ2) is 7.85. The topological polar surface area (TPSA) is 46.3 Å². The molecule has 2 rings (SSSR count). The number of hydrogen-bond acceptors (Lipinski definition) is 2. The number of carbonyl (C=O) groups is 1. The highest BCUT2D eigenvalue weighted by Crippen LogP contribution is 2.22. The van der Waals surface area contributed by atoms with Crippen LogP contribution in [0.3, 0.4) is 0 Å². The summed E-state index contributed by atoms with van der Waals surface area (Å²) in [6, 6.07) is 7.56. The van der Waals surface area contributed by atoms with Gasteiger partial charge in [0.05, 0.1) is 12.1 Å². The van der Waals surface area contributed by atoms with Crippen LogP contribution in [0.1, 0.15) is 48.5 Å². The lowest BCUT2D eigenvalue weighted by Crippen LogP contribution is -2.32. The van der Waals surface area contributed by atoms with Gasteiger partial charge in [0.25, 0.3) is 5.91 Å². The van der Waals surface area contributed by atoms with Crippen molar-refractivity contribution in [3.63, 3.8) is 0 Å². The Morgan fingerprint density at radius 2 is 2.14 bits per heavy atom. The number of rotatable bonds is 2. The zero-order chi connectivity index (χ0) is 15.1. The van der Waals surface area contributed by atoms with E-state index >= 15 is 0 Å². The molecule has 1 atom stereocenters. The Morgan fingerprint density at radius 3 is 2.90 bits per heavy atom. The molecule has 1 heterocycles. The molecule has 3 heteroatoms. The molecular formula is C18H24N2O. The van der Waals surface area contributed by atoms with Crippen molar-refractivity contribution < 1.29 is 4.79 Å². The number of hydrogen-bond donors (Lipinski definition) is 1. The molecule has 0 aromatic heterocycles. The van der Waals surface area contributed by atoms with Crippen molar-refractivity contribution >= 4 is 5.91 Å². The van der Waals surface area contributed by atoms with E-state index in [1.807, 2.05) is 29.2 Å². The fraction of sp³-hybridized carbons (Fsp3) is 0.500. The first kappa shape index (κ1) is 15.6. The van der Waals surface area contributed by atoms with Crippen molar-refractivity contribution in [1.29, 1.82) is 0 Å². The standard InChI is InChI=1S/C18H24N2O/c1-2-15-7-6-13-20(14-11-15)18(21)17-10-4-3-8-16(17)9-5-12-19/h3-4,8,10,15H,2,6-7,11-14,19H2,1H3. The summed E-state index contributed by atoms with van der Waals surface area (Å²) < 4.78 is 0. The monoisotopic (exact) mass is 284 g/mol. The summed E-state index contributed by atoms with van der Waals surface area (Å²) in [6.07, 6.45) is 4.65. The van der Waals surface area contributed by atoms with E-state index in [0.29, 0.717) is 12.1 Å². The number of amides is 1. The molecular weight excluding hydrogens is 260 g/mol. The van der Waals surface area contributed by atoms with E-state index in [-0.39, 0.29) is 5.91 Å². The SMILES string of the molecule is CCC1CCCN(C(=O)c2ccccc2C#CCN)CC1. The van der Waals surface area contributed by atoms with Crippen LogP contribution >= 0.6 is 0 Å². The van der Waals surface area contributed by atoms with E-state index in [1.54, 1.807) is 0 Å². The lowest BCUT2D eigenvalue weighted by atomic mass is 9.98. The average molecular weight is 284 g/mol. The van der Waals surface area contributed by atoms with Crippen LogP contribution in [0.4, 0.5) is 0 Å². The summed E-state index contributed by atoms with van der Waals surface area (Å²) in [6.45, 7) is 4.26. The summed E-state index contributed by atoms with van der Waals surface area (Å²) >= 11 is 0. The molecule has 3 nitrogen and oxygen atoms in total. The molecule has 1 fully saturated rings. The predicted octanol–water partition coefficient (Wildman–Crippen LogP) is 2.65. The molecule has 1 aliphatic rings. The minimum absolute atomic E-state index is 0.105. The summed E-state index contributed by atoms with van der Waals surface area (Å²) in [4.78, 5) is 14.7. The van der Waals surface area contributed by atoms with Gasteiger partial charge in [-0.15, -0.1) is 0 Å². The summed E-state index contributed by atoms with van der Waals surface area (Å²) in [7, 11) is 0. The van der Waals surface area contributed by atoms with Crippen molar-refractivity contribution in [2.75, 3.05) is 19.6 Å². The molecule has 0 radical (unpaired) electrons. The van der Waals surface area contributed by atoms with Crippen LogP contribution < -0.4 is 5.73 Å². The van der Waals surface area contributed by atoms with Gasteiger partial charge in [0.1, 0.15) is 0 Å². The Bertz CT molecular complexity index is 542. The highest BCUT2D eigenvalue weighted by molar-refractivity contribution is 5.96. The first-order valence-corrected chi connectivity index (χ1v) is 7.83.